The Kier molecular flexibility index (Phi) is 6.74. The molecule has 2 aliphatic heterocycles. The Hall–Kier alpha value is -1.93. The van der Waals surface area contributed by atoms with Crippen molar-refractivity contribution >= 4 is 17.5 Å². The number of rotatable bonds is 7. The lowest BCUT2D eigenvalue weighted by Crippen LogP contribution is -2.58. The Morgan fingerprint density at radius 3 is 2.73 bits per heavy atom. The van der Waals surface area contributed by atoms with Crippen LogP contribution in [0.4, 0.5) is 0 Å². The number of amides is 1. The van der Waals surface area contributed by atoms with Gasteiger partial charge in [0.1, 0.15) is 5.69 Å². The molecule has 2 saturated heterocycles. The molecule has 33 heavy (non-hydrogen) atoms. The van der Waals surface area contributed by atoms with Crippen LogP contribution in [0, 0.1) is 5.92 Å². The summed E-state index contributed by atoms with van der Waals surface area (Å²) in [6, 6.07) is 7.90. The first-order valence-corrected chi connectivity index (χ1v) is 12.5. The van der Waals surface area contributed by atoms with Crippen molar-refractivity contribution in [3.8, 4) is 0 Å². The molecule has 178 valence electrons. The maximum Gasteiger partial charge on any atom is 0.274 e. The van der Waals surface area contributed by atoms with Gasteiger partial charge in [0.2, 0.25) is 0 Å². The largest absolute Gasteiger partial charge is 0.396 e. The molecule has 0 radical (unpaired) electrons. The summed E-state index contributed by atoms with van der Waals surface area (Å²) < 4.78 is 8.18. The lowest BCUT2D eigenvalue weighted by molar-refractivity contribution is -0.128. The number of hydrogen-bond donors (Lipinski definition) is 1. The highest BCUT2D eigenvalue weighted by atomic mass is 35.5. The van der Waals surface area contributed by atoms with Crippen molar-refractivity contribution in [1.29, 1.82) is 0 Å². The van der Waals surface area contributed by atoms with Crippen LogP contribution in [0.15, 0.2) is 30.5 Å². The number of aliphatic hydroxyl groups is 1. The van der Waals surface area contributed by atoms with Gasteiger partial charge in [0, 0.05) is 50.6 Å². The van der Waals surface area contributed by atoms with E-state index in [1.165, 1.54) is 12.8 Å². The van der Waals surface area contributed by atoms with Crippen molar-refractivity contribution in [3.63, 3.8) is 0 Å². The van der Waals surface area contributed by atoms with Crippen LogP contribution >= 0.6 is 11.6 Å². The molecule has 8 heteroatoms. The van der Waals surface area contributed by atoms with Gasteiger partial charge in [-0.1, -0.05) is 29.8 Å². The van der Waals surface area contributed by atoms with Gasteiger partial charge >= 0.3 is 0 Å². The molecule has 2 aromatic rings. The van der Waals surface area contributed by atoms with E-state index in [1.807, 2.05) is 34.0 Å². The van der Waals surface area contributed by atoms with Gasteiger partial charge < -0.3 is 14.7 Å². The van der Waals surface area contributed by atoms with Gasteiger partial charge in [0.05, 0.1) is 18.8 Å². The van der Waals surface area contributed by atoms with Crippen LogP contribution in [0.25, 0.3) is 0 Å². The number of benzene rings is 1. The van der Waals surface area contributed by atoms with Crippen molar-refractivity contribution in [2.45, 2.75) is 50.8 Å². The molecule has 1 aliphatic carbocycles. The number of likely N-dealkylation sites (tertiary alicyclic amines) is 1. The molecule has 5 rings (SSSR count). The lowest BCUT2D eigenvalue weighted by atomic mass is 9.89. The third-order valence-corrected chi connectivity index (χ3v) is 7.72. The number of halogens is 1. The predicted octanol–water partition coefficient (Wildman–Crippen LogP) is 2.99. The van der Waals surface area contributed by atoms with E-state index >= 15 is 0 Å². The SMILES string of the molecule is O=C(c1ccn(CC2CC2)n1)N1CCOC2(CCN(Cc3cccc(CCO)c3Cl)CC2)C1. The second kappa shape index (κ2) is 9.74. The third kappa shape index (κ3) is 5.27. The fraction of sp³-hybridized carbons (Fsp3) is 0.600. The van der Waals surface area contributed by atoms with Crippen molar-refractivity contribution in [2.24, 2.45) is 5.92 Å². The van der Waals surface area contributed by atoms with Crippen molar-refractivity contribution in [2.75, 3.05) is 39.4 Å². The van der Waals surface area contributed by atoms with Gasteiger partial charge in [0.15, 0.2) is 0 Å². The number of nitrogens with zero attached hydrogens (tertiary/aromatic N) is 4. The van der Waals surface area contributed by atoms with Crippen LogP contribution < -0.4 is 0 Å². The third-order valence-electron chi connectivity index (χ3n) is 7.24. The van der Waals surface area contributed by atoms with E-state index in [0.29, 0.717) is 31.8 Å². The number of hydrogen-bond acceptors (Lipinski definition) is 5. The van der Waals surface area contributed by atoms with Gasteiger partial charge in [-0.2, -0.15) is 5.10 Å². The first-order valence-electron chi connectivity index (χ1n) is 12.1. The number of carbonyl (C=O) groups excluding carboxylic acids is 1. The Balaban J connectivity index is 1.18. The minimum Gasteiger partial charge on any atom is -0.396 e. The van der Waals surface area contributed by atoms with Gasteiger partial charge in [-0.3, -0.25) is 14.4 Å². The number of piperidine rings is 1. The molecule has 1 spiro atoms. The van der Waals surface area contributed by atoms with Crippen molar-refractivity contribution in [3.05, 3.63) is 52.3 Å². The number of aromatic nitrogens is 2. The molecule has 0 atom stereocenters. The zero-order valence-electron chi connectivity index (χ0n) is 19.1. The lowest BCUT2D eigenvalue weighted by Gasteiger charge is -2.47. The summed E-state index contributed by atoms with van der Waals surface area (Å²) in [5.74, 6) is 0.749. The van der Waals surface area contributed by atoms with Crippen LogP contribution in [0.3, 0.4) is 0 Å². The Morgan fingerprint density at radius 1 is 1.18 bits per heavy atom. The van der Waals surface area contributed by atoms with Gasteiger partial charge in [-0.15, -0.1) is 0 Å². The first kappa shape index (κ1) is 22.8. The second-order valence-corrected chi connectivity index (χ2v) is 10.1. The Morgan fingerprint density at radius 2 is 1.97 bits per heavy atom. The van der Waals surface area contributed by atoms with Crippen LogP contribution in [0.2, 0.25) is 5.02 Å². The average molecular weight is 473 g/mol. The van der Waals surface area contributed by atoms with Gasteiger partial charge in [-0.25, -0.2) is 0 Å². The number of aliphatic hydroxyl groups excluding tert-OH is 1. The van der Waals surface area contributed by atoms with Crippen LogP contribution in [0.1, 0.15) is 47.3 Å². The minimum atomic E-state index is -0.274. The summed E-state index contributed by atoms with van der Waals surface area (Å²) in [5, 5.41) is 14.5. The van der Waals surface area contributed by atoms with Crippen molar-refractivity contribution < 1.29 is 14.6 Å². The Labute approximate surface area is 200 Å². The smallest absolute Gasteiger partial charge is 0.274 e. The standard InChI is InChI=1S/C25H33ClN4O3/c26-23-20(7-14-31)2-1-3-21(23)17-28-11-8-25(9-12-28)18-29(13-15-33-25)24(32)22-6-10-30(27-22)16-19-4-5-19/h1-3,6,10,19,31H,4-5,7-9,11-18H2. The first-order chi connectivity index (χ1) is 16.0. The molecule has 1 saturated carbocycles. The fourth-order valence-corrected chi connectivity index (χ4v) is 5.33. The summed E-state index contributed by atoms with van der Waals surface area (Å²) in [7, 11) is 0. The summed E-state index contributed by atoms with van der Waals surface area (Å²) in [6.07, 6.45) is 6.83. The van der Waals surface area contributed by atoms with E-state index in [2.05, 4.69) is 16.1 Å². The van der Waals surface area contributed by atoms with E-state index in [1.54, 1.807) is 0 Å². The molecule has 3 heterocycles. The molecule has 1 aromatic heterocycles. The maximum absolute atomic E-state index is 13.1. The number of morpholine rings is 1. The normalized spacial score (nSPS) is 21.0. The predicted molar refractivity (Wildman–Crippen MR) is 126 cm³/mol. The molecular formula is C25H33ClN4O3. The van der Waals surface area contributed by atoms with E-state index in [-0.39, 0.29) is 18.1 Å². The highest BCUT2D eigenvalue weighted by Crippen LogP contribution is 2.33. The monoisotopic (exact) mass is 472 g/mol. The van der Waals surface area contributed by atoms with Crippen LogP contribution in [-0.2, 0) is 24.2 Å². The van der Waals surface area contributed by atoms with Crippen molar-refractivity contribution in [1.82, 2.24) is 19.6 Å². The van der Waals surface area contributed by atoms with Gasteiger partial charge in [0.25, 0.3) is 5.91 Å². The van der Waals surface area contributed by atoms with Gasteiger partial charge in [-0.05, 0) is 55.2 Å². The highest BCUT2D eigenvalue weighted by molar-refractivity contribution is 6.32. The quantitative estimate of drug-likeness (QED) is 0.670. The molecular weight excluding hydrogens is 440 g/mol. The molecule has 3 fully saturated rings. The highest BCUT2D eigenvalue weighted by Gasteiger charge is 2.41. The Bertz CT molecular complexity index is 982. The number of carbonyl (C=O) groups is 1. The second-order valence-electron chi connectivity index (χ2n) is 9.76. The van der Waals surface area contributed by atoms with E-state index in [9.17, 15) is 9.90 Å². The molecule has 1 N–H and O–H groups in total. The van der Waals surface area contributed by atoms with Crippen LogP contribution in [-0.4, -0.2) is 75.6 Å². The molecule has 7 nitrogen and oxygen atoms in total. The van der Waals surface area contributed by atoms with E-state index in [0.717, 1.165) is 61.1 Å². The maximum atomic E-state index is 13.1. The molecule has 0 bridgehead atoms. The minimum absolute atomic E-state index is 0.0159. The summed E-state index contributed by atoms with van der Waals surface area (Å²) in [5.41, 5.74) is 2.36. The average Bonchev–Trinajstić information content (AvgIpc) is 3.52. The zero-order valence-corrected chi connectivity index (χ0v) is 19.8. The van der Waals surface area contributed by atoms with E-state index < -0.39 is 0 Å². The fourth-order valence-electron chi connectivity index (χ4n) is 5.05. The topological polar surface area (TPSA) is 70.8 Å². The molecule has 1 aromatic carbocycles. The summed E-state index contributed by atoms with van der Waals surface area (Å²) in [4.78, 5) is 17.5. The zero-order chi connectivity index (χ0) is 22.8. The molecule has 3 aliphatic rings. The molecule has 1 amide bonds. The summed E-state index contributed by atoms with van der Waals surface area (Å²) in [6.45, 7) is 5.43. The molecule has 0 unspecified atom stereocenters. The number of ether oxygens (including phenoxy) is 1. The van der Waals surface area contributed by atoms with Crippen LogP contribution in [0.5, 0.6) is 0 Å². The summed E-state index contributed by atoms with van der Waals surface area (Å²) >= 11 is 6.58. The van der Waals surface area contributed by atoms with E-state index in [4.69, 9.17) is 16.3 Å².